The molecule has 0 bridgehead atoms. The molecule has 12 rings (SSSR count). The fourth-order valence-electron chi connectivity index (χ4n) is 8.08. The molecule has 8 heteroatoms. The van der Waals surface area contributed by atoms with Gasteiger partial charge in [0.15, 0.2) is 11.2 Å². The van der Waals surface area contributed by atoms with Gasteiger partial charge in [0.2, 0.25) is 11.8 Å². The lowest BCUT2D eigenvalue weighted by Crippen LogP contribution is -2.09. The van der Waals surface area contributed by atoms with Crippen LogP contribution in [0.5, 0.6) is 0 Å². The van der Waals surface area contributed by atoms with E-state index in [2.05, 4.69) is 124 Å². The lowest BCUT2D eigenvalue weighted by atomic mass is 9.98. The second kappa shape index (κ2) is 13.0. The fourth-order valence-corrected chi connectivity index (χ4v) is 9.85. The summed E-state index contributed by atoms with van der Waals surface area (Å²) in [5.74, 6) is 1.18. The van der Waals surface area contributed by atoms with E-state index in [4.69, 9.17) is 23.2 Å². The monoisotopic (exact) mass is 829 g/mol. The van der Waals surface area contributed by atoms with Gasteiger partial charge < -0.3 is 18.2 Å². The van der Waals surface area contributed by atoms with Gasteiger partial charge in [-0.1, -0.05) is 54.6 Å². The van der Waals surface area contributed by atoms with Crippen molar-refractivity contribution in [1.29, 1.82) is 0 Å². The number of aromatic nitrogens is 2. The highest BCUT2D eigenvalue weighted by molar-refractivity contribution is 9.10. The molecule has 4 heterocycles. The third-order valence-electron chi connectivity index (χ3n) is 10.8. The first-order chi connectivity index (χ1) is 28.6. The van der Waals surface area contributed by atoms with Crippen LogP contribution in [-0.4, -0.2) is 9.97 Å². The van der Waals surface area contributed by atoms with Crippen molar-refractivity contribution in [2.45, 2.75) is 0 Å². The van der Waals surface area contributed by atoms with Gasteiger partial charge in [-0.25, -0.2) is 9.97 Å². The Morgan fingerprint density at radius 2 is 1.03 bits per heavy atom. The molecule has 0 aliphatic rings. The minimum Gasteiger partial charge on any atom is -0.456 e. The number of benzene rings is 8. The molecule has 58 heavy (non-hydrogen) atoms. The first kappa shape index (κ1) is 33.2. The normalized spacial score (nSPS) is 11.9. The topological polar surface area (TPSA) is 68.4 Å². The van der Waals surface area contributed by atoms with E-state index in [1.807, 2.05) is 66.7 Å². The zero-order valence-electron chi connectivity index (χ0n) is 30.5. The van der Waals surface area contributed by atoms with Gasteiger partial charge in [-0.15, -0.1) is 11.3 Å². The van der Waals surface area contributed by atoms with Crippen LogP contribution in [0, 0.1) is 0 Å². The number of hydrogen-bond donors (Lipinski definition) is 0. The molecule has 6 nitrogen and oxygen atoms in total. The van der Waals surface area contributed by atoms with Crippen LogP contribution < -0.4 is 4.90 Å². The number of anilines is 3. The standard InChI is InChI=1S/C50H28BrN3O3S/c51-39-27-31(35-9-7-15-45-47(35)36-8-1-4-12-42(36)55-45)26-38-37-28-34(24-25-46(37)58-48(38)39)54(32-20-16-29(17-21-32)49-52-40-10-2-5-13-43(40)56-49)33-22-18-30(19-23-33)50-53-41-11-3-6-14-44(41)57-50/h1-28H. The Kier molecular flexibility index (Phi) is 7.45. The van der Waals surface area contributed by atoms with Crippen molar-refractivity contribution in [3.05, 3.63) is 174 Å². The molecule has 0 atom stereocenters. The highest BCUT2D eigenvalue weighted by Crippen LogP contribution is 2.46. The number of thiophene rings is 1. The SMILES string of the molecule is Brc1cc(-c2cccc3oc4ccccc4c23)cc2c1sc1ccc(N(c3ccc(-c4nc5ccccc5o4)cc3)c3ccc(-c4nc5ccccc5o4)cc3)cc12. The average molecular weight is 831 g/mol. The summed E-state index contributed by atoms with van der Waals surface area (Å²) in [6.45, 7) is 0. The number of halogens is 1. The summed E-state index contributed by atoms with van der Waals surface area (Å²) in [6.07, 6.45) is 0. The van der Waals surface area contributed by atoms with E-state index >= 15 is 0 Å². The molecule has 0 spiro atoms. The van der Waals surface area contributed by atoms with Crippen molar-refractivity contribution in [1.82, 2.24) is 9.97 Å². The van der Waals surface area contributed by atoms with Crippen LogP contribution in [0.4, 0.5) is 17.1 Å². The van der Waals surface area contributed by atoms with Gasteiger partial charge in [-0.3, -0.25) is 0 Å². The molecule has 0 amide bonds. The Hall–Kier alpha value is -7.00. The molecule has 12 aromatic rings. The first-order valence-corrected chi connectivity index (χ1v) is 20.5. The number of rotatable bonds is 6. The van der Waals surface area contributed by atoms with Gasteiger partial charge in [-0.2, -0.15) is 0 Å². The molecule has 0 radical (unpaired) electrons. The summed E-state index contributed by atoms with van der Waals surface area (Å²) >= 11 is 5.77. The number of nitrogens with zero attached hydrogens (tertiary/aromatic N) is 3. The molecular weight excluding hydrogens is 803 g/mol. The fraction of sp³-hybridized carbons (Fsp3) is 0. The summed E-state index contributed by atoms with van der Waals surface area (Å²) in [5.41, 5.74) is 12.1. The lowest BCUT2D eigenvalue weighted by molar-refractivity contribution is 0.619. The molecule has 0 fully saturated rings. The minimum absolute atomic E-state index is 0.591. The van der Waals surface area contributed by atoms with Crippen LogP contribution in [0.25, 0.3) is 98.3 Å². The van der Waals surface area contributed by atoms with E-state index in [1.165, 1.54) is 20.2 Å². The van der Waals surface area contributed by atoms with E-state index in [9.17, 15) is 0 Å². The zero-order chi connectivity index (χ0) is 38.3. The van der Waals surface area contributed by atoms with Gasteiger partial charge in [0.1, 0.15) is 22.2 Å². The van der Waals surface area contributed by atoms with Crippen LogP contribution in [0.15, 0.2) is 188 Å². The summed E-state index contributed by atoms with van der Waals surface area (Å²) in [6, 6.07) is 58.3. The predicted octanol–water partition coefficient (Wildman–Crippen LogP) is 15.5. The van der Waals surface area contributed by atoms with E-state index < -0.39 is 0 Å². The van der Waals surface area contributed by atoms with Crippen molar-refractivity contribution in [2.75, 3.05) is 4.90 Å². The quantitative estimate of drug-likeness (QED) is 0.166. The van der Waals surface area contributed by atoms with Crippen molar-refractivity contribution in [3.63, 3.8) is 0 Å². The van der Waals surface area contributed by atoms with Crippen LogP contribution in [-0.2, 0) is 0 Å². The Balaban J connectivity index is 0.999. The number of furan rings is 1. The zero-order valence-corrected chi connectivity index (χ0v) is 32.9. The maximum absolute atomic E-state index is 6.27. The molecule has 0 saturated carbocycles. The van der Waals surface area contributed by atoms with Gasteiger partial charge in [-0.05, 0) is 142 Å². The van der Waals surface area contributed by atoms with Gasteiger partial charge in [0, 0.05) is 63.6 Å². The molecule has 0 saturated heterocycles. The first-order valence-electron chi connectivity index (χ1n) is 18.9. The maximum Gasteiger partial charge on any atom is 0.227 e. The number of para-hydroxylation sites is 5. The minimum atomic E-state index is 0.591. The van der Waals surface area contributed by atoms with E-state index in [-0.39, 0.29) is 0 Å². The van der Waals surface area contributed by atoms with Crippen molar-refractivity contribution in [3.8, 4) is 34.0 Å². The lowest BCUT2D eigenvalue weighted by Gasteiger charge is -2.26. The molecule has 0 aliphatic heterocycles. The van der Waals surface area contributed by atoms with Gasteiger partial charge >= 0.3 is 0 Å². The number of hydrogen-bond acceptors (Lipinski definition) is 7. The van der Waals surface area contributed by atoms with Crippen molar-refractivity contribution in [2.24, 2.45) is 0 Å². The summed E-state index contributed by atoms with van der Waals surface area (Å²) in [4.78, 5) is 11.8. The largest absolute Gasteiger partial charge is 0.456 e. The Morgan fingerprint density at radius 1 is 0.448 bits per heavy atom. The summed E-state index contributed by atoms with van der Waals surface area (Å²) < 4.78 is 22.0. The number of oxazole rings is 2. The molecule has 0 N–H and O–H groups in total. The highest BCUT2D eigenvalue weighted by Gasteiger charge is 2.20. The van der Waals surface area contributed by atoms with Gasteiger partial charge in [0.25, 0.3) is 0 Å². The molecule has 0 unspecified atom stereocenters. The van der Waals surface area contributed by atoms with Crippen molar-refractivity contribution < 1.29 is 13.3 Å². The molecule has 0 aliphatic carbocycles. The average Bonchev–Trinajstić information content (AvgIpc) is 4.07. The second-order valence-electron chi connectivity index (χ2n) is 14.3. The Bertz CT molecular complexity index is 3360. The van der Waals surface area contributed by atoms with Crippen LogP contribution in [0.1, 0.15) is 0 Å². The molecule has 8 aromatic carbocycles. The summed E-state index contributed by atoms with van der Waals surface area (Å²) in [5, 5.41) is 4.61. The van der Waals surface area contributed by atoms with Crippen LogP contribution in [0.3, 0.4) is 0 Å². The van der Waals surface area contributed by atoms with Crippen LogP contribution in [0.2, 0.25) is 0 Å². The molecule has 274 valence electrons. The third-order valence-corrected chi connectivity index (χ3v) is 12.9. The molecule has 4 aromatic heterocycles. The van der Waals surface area contributed by atoms with E-state index in [1.54, 1.807) is 11.3 Å². The second-order valence-corrected chi connectivity index (χ2v) is 16.2. The van der Waals surface area contributed by atoms with Gasteiger partial charge in [0.05, 0.1) is 0 Å². The van der Waals surface area contributed by atoms with Crippen LogP contribution >= 0.6 is 27.3 Å². The molecular formula is C50H28BrN3O3S. The highest BCUT2D eigenvalue weighted by atomic mass is 79.9. The Labute approximate surface area is 343 Å². The number of fused-ring (bicyclic) bond motifs is 8. The predicted molar refractivity (Wildman–Crippen MR) is 240 cm³/mol. The third kappa shape index (κ3) is 5.37. The maximum atomic E-state index is 6.27. The Morgan fingerprint density at radius 3 is 1.69 bits per heavy atom. The van der Waals surface area contributed by atoms with Crippen molar-refractivity contribution >= 4 is 109 Å². The van der Waals surface area contributed by atoms with E-state index in [0.717, 1.165) is 87.9 Å². The summed E-state index contributed by atoms with van der Waals surface area (Å²) in [7, 11) is 0. The van der Waals surface area contributed by atoms with E-state index in [0.29, 0.717) is 11.8 Å². The smallest absolute Gasteiger partial charge is 0.227 e.